The summed E-state index contributed by atoms with van der Waals surface area (Å²) >= 11 is 0. The maximum atomic E-state index is 8.35. The maximum absolute atomic E-state index is 8.35. The maximum Gasteiger partial charge on any atom is 0.0754 e. The van der Waals surface area contributed by atoms with Gasteiger partial charge in [-0.1, -0.05) is 12.8 Å². The largest absolute Gasteiger partial charge is 0.516 e. The van der Waals surface area contributed by atoms with Crippen LogP contribution in [0.15, 0.2) is 12.3 Å². The monoisotopic (exact) mass is 112 g/mol. The lowest BCUT2D eigenvalue weighted by Crippen LogP contribution is -1.83. The zero-order chi connectivity index (χ0) is 5.82. The van der Waals surface area contributed by atoms with Crippen LogP contribution in [0.2, 0.25) is 0 Å². The normalized spacial score (nSPS) is 23.0. The standard InChI is InChI=1S/C7H12O/c8-6-5-7-3-1-2-4-7/h5-8H,1-4H2/b6-5+. The Kier molecular flexibility index (Phi) is 1.95. The van der Waals surface area contributed by atoms with Crippen LogP contribution < -0.4 is 0 Å². The molecule has 0 atom stereocenters. The Morgan fingerprint density at radius 3 is 2.38 bits per heavy atom. The highest BCUT2D eigenvalue weighted by Crippen LogP contribution is 2.25. The molecule has 1 N–H and O–H groups in total. The summed E-state index contributed by atoms with van der Waals surface area (Å²) in [4.78, 5) is 0. The highest BCUT2D eigenvalue weighted by atomic mass is 16.2. The highest BCUT2D eigenvalue weighted by molar-refractivity contribution is 4.85. The van der Waals surface area contributed by atoms with Crippen LogP contribution >= 0.6 is 0 Å². The molecule has 46 valence electrons. The molecule has 0 spiro atoms. The number of aliphatic hydroxyl groups is 1. The van der Waals surface area contributed by atoms with Gasteiger partial charge in [0.25, 0.3) is 0 Å². The first-order chi connectivity index (χ1) is 3.93. The molecule has 0 amide bonds. The number of hydrogen-bond acceptors (Lipinski definition) is 1. The van der Waals surface area contributed by atoms with Gasteiger partial charge < -0.3 is 5.11 Å². The summed E-state index contributed by atoms with van der Waals surface area (Å²) < 4.78 is 0. The Labute approximate surface area is 50.0 Å². The third kappa shape index (κ3) is 1.25. The third-order valence-corrected chi connectivity index (χ3v) is 1.76. The molecule has 0 saturated heterocycles. The van der Waals surface area contributed by atoms with E-state index in [1.54, 1.807) is 0 Å². The molecule has 1 nitrogen and oxygen atoms in total. The van der Waals surface area contributed by atoms with E-state index in [2.05, 4.69) is 0 Å². The first-order valence-electron chi connectivity index (χ1n) is 3.24. The second-order valence-corrected chi connectivity index (χ2v) is 2.39. The van der Waals surface area contributed by atoms with E-state index in [1.807, 2.05) is 6.08 Å². The Morgan fingerprint density at radius 1 is 1.25 bits per heavy atom. The van der Waals surface area contributed by atoms with Crippen molar-refractivity contribution in [2.75, 3.05) is 0 Å². The molecule has 1 heteroatoms. The Morgan fingerprint density at radius 2 is 1.88 bits per heavy atom. The SMILES string of the molecule is O/C=C/C1CCCC1. The molecule has 0 aromatic heterocycles. The number of aliphatic hydroxyl groups excluding tert-OH is 1. The van der Waals surface area contributed by atoms with E-state index in [9.17, 15) is 0 Å². The molecular weight excluding hydrogens is 100 g/mol. The predicted octanol–water partition coefficient (Wildman–Crippen LogP) is 2.25. The molecule has 0 bridgehead atoms. The first-order valence-corrected chi connectivity index (χ1v) is 3.24. The zero-order valence-corrected chi connectivity index (χ0v) is 5.01. The number of allylic oxidation sites excluding steroid dienone is 1. The molecule has 0 radical (unpaired) electrons. The summed E-state index contributed by atoms with van der Waals surface area (Å²) in [5.74, 6) is 0.681. The smallest absolute Gasteiger partial charge is 0.0754 e. The Hall–Kier alpha value is -0.460. The van der Waals surface area contributed by atoms with Crippen molar-refractivity contribution in [1.29, 1.82) is 0 Å². The molecule has 0 unspecified atom stereocenters. The van der Waals surface area contributed by atoms with E-state index in [1.165, 1.54) is 31.9 Å². The van der Waals surface area contributed by atoms with Gasteiger partial charge in [-0.25, -0.2) is 0 Å². The number of rotatable bonds is 1. The molecule has 1 fully saturated rings. The second kappa shape index (κ2) is 2.75. The quantitative estimate of drug-likeness (QED) is 0.516. The van der Waals surface area contributed by atoms with Gasteiger partial charge in [0.1, 0.15) is 0 Å². The minimum Gasteiger partial charge on any atom is -0.516 e. The van der Waals surface area contributed by atoms with Gasteiger partial charge in [-0.3, -0.25) is 0 Å². The molecule has 0 aromatic rings. The van der Waals surface area contributed by atoms with E-state index >= 15 is 0 Å². The lowest BCUT2D eigenvalue weighted by atomic mass is 10.1. The Bertz CT molecular complexity index is 80.4. The summed E-state index contributed by atoms with van der Waals surface area (Å²) in [5.41, 5.74) is 0. The summed E-state index contributed by atoms with van der Waals surface area (Å²) in [6.07, 6.45) is 8.31. The van der Waals surface area contributed by atoms with Crippen LogP contribution in [0.3, 0.4) is 0 Å². The molecule has 1 aliphatic carbocycles. The van der Waals surface area contributed by atoms with Gasteiger partial charge in [-0.15, -0.1) is 0 Å². The van der Waals surface area contributed by atoms with Crippen molar-refractivity contribution in [2.45, 2.75) is 25.7 Å². The summed E-state index contributed by atoms with van der Waals surface area (Å²) in [6.45, 7) is 0. The van der Waals surface area contributed by atoms with Crippen LogP contribution in [0.25, 0.3) is 0 Å². The van der Waals surface area contributed by atoms with Crippen molar-refractivity contribution >= 4 is 0 Å². The van der Waals surface area contributed by atoms with E-state index in [4.69, 9.17) is 5.11 Å². The summed E-state index contributed by atoms with van der Waals surface area (Å²) in [6, 6.07) is 0. The molecule has 1 saturated carbocycles. The fourth-order valence-electron chi connectivity index (χ4n) is 1.27. The van der Waals surface area contributed by atoms with Crippen LogP contribution in [0.1, 0.15) is 25.7 Å². The lowest BCUT2D eigenvalue weighted by Gasteiger charge is -1.95. The highest BCUT2D eigenvalue weighted by Gasteiger charge is 2.10. The van der Waals surface area contributed by atoms with Crippen LogP contribution in [0.4, 0.5) is 0 Å². The predicted molar refractivity (Wildman–Crippen MR) is 33.7 cm³/mol. The molecule has 1 aliphatic rings. The minimum absolute atomic E-state index is 0.681. The van der Waals surface area contributed by atoms with Gasteiger partial charge in [-0.2, -0.15) is 0 Å². The average molecular weight is 112 g/mol. The zero-order valence-electron chi connectivity index (χ0n) is 5.01. The van der Waals surface area contributed by atoms with Gasteiger partial charge in [-0.05, 0) is 24.8 Å². The van der Waals surface area contributed by atoms with Crippen LogP contribution in [0, 0.1) is 5.92 Å². The fraction of sp³-hybridized carbons (Fsp3) is 0.714. The van der Waals surface area contributed by atoms with Gasteiger partial charge in [0.2, 0.25) is 0 Å². The third-order valence-electron chi connectivity index (χ3n) is 1.76. The number of hydrogen-bond donors (Lipinski definition) is 1. The van der Waals surface area contributed by atoms with Crippen molar-refractivity contribution in [3.8, 4) is 0 Å². The van der Waals surface area contributed by atoms with Crippen molar-refractivity contribution in [3.05, 3.63) is 12.3 Å². The van der Waals surface area contributed by atoms with Gasteiger partial charge in [0.05, 0.1) is 6.26 Å². The van der Waals surface area contributed by atoms with Gasteiger partial charge >= 0.3 is 0 Å². The topological polar surface area (TPSA) is 20.2 Å². The van der Waals surface area contributed by atoms with E-state index in [0.717, 1.165) is 0 Å². The van der Waals surface area contributed by atoms with Gasteiger partial charge in [0.15, 0.2) is 0 Å². The molecule has 8 heavy (non-hydrogen) atoms. The van der Waals surface area contributed by atoms with E-state index in [-0.39, 0.29) is 0 Å². The van der Waals surface area contributed by atoms with Crippen molar-refractivity contribution in [3.63, 3.8) is 0 Å². The fourth-order valence-corrected chi connectivity index (χ4v) is 1.27. The first kappa shape index (κ1) is 5.67. The van der Waals surface area contributed by atoms with E-state index in [0.29, 0.717) is 5.92 Å². The molecule has 0 aromatic carbocycles. The van der Waals surface area contributed by atoms with Crippen molar-refractivity contribution < 1.29 is 5.11 Å². The molecule has 0 heterocycles. The molecular formula is C7H12O. The van der Waals surface area contributed by atoms with Crippen LogP contribution in [-0.2, 0) is 0 Å². The van der Waals surface area contributed by atoms with Crippen molar-refractivity contribution in [2.24, 2.45) is 5.92 Å². The van der Waals surface area contributed by atoms with Gasteiger partial charge in [0, 0.05) is 0 Å². The Balaban J connectivity index is 2.24. The van der Waals surface area contributed by atoms with Crippen LogP contribution in [0.5, 0.6) is 0 Å². The van der Waals surface area contributed by atoms with Crippen LogP contribution in [-0.4, -0.2) is 5.11 Å². The molecule has 0 aliphatic heterocycles. The summed E-state index contributed by atoms with van der Waals surface area (Å²) in [7, 11) is 0. The molecule has 1 rings (SSSR count). The lowest BCUT2D eigenvalue weighted by molar-refractivity contribution is 0.463. The average Bonchev–Trinajstić information content (AvgIpc) is 2.19. The summed E-state index contributed by atoms with van der Waals surface area (Å²) in [5, 5.41) is 8.35. The van der Waals surface area contributed by atoms with E-state index < -0.39 is 0 Å². The minimum atomic E-state index is 0.681. The second-order valence-electron chi connectivity index (χ2n) is 2.39. The van der Waals surface area contributed by atoms with Crippen molar-refractivity contribution in [1.82, 2.24) is 0 Å².